The maximum atomic E-state index is 14.0. The maximum absolute atomic E-state index is 14.0. The van der Waals surface area contributed by atoms with Gasteiger partial charge in [0.1, 0.15) is 16.8 Å². The average molecular weight is 589 g/mol. The number of nitrogens with two attached hydrogens (primary N) is 2. The topological polar surface area (TPSA) is 129 Å². The molecule has 0 spiro atoms. The Morgan fingerprint density at radius 3 is 2.76 bits per heavy atom. The van der Waals surface area contributed by atoms with Gasteiger partial charge in [-0.2, -0.15) is 0 Å². The molecule has 3 unspecified atom stereocenters. The largest absolute Gasteiger partial charge is 0.481 e. The van der Waals surface area contributed by atoms with Gasteiger partial charge >= 0.3 is 5.97 Å². The molecule has 1 saturated heterocycles. The van der Waals surface area contributed by atoms with Crippen LogP contribution in [0.15, 0.2) is 53.6 Å². The van der Waals surface area contributed by atoms with Crippen molar-refractivity contribution >= 4 is 34.1 Å². The Labute approximate surface area is 250 Å². The van der Waals surface area contributed by atoms with Gasteiger partial charge < -0.3 is 20.7 Å². The zero-order chi connectivity index (χ0) is 29.8. The first-order chi connectivity index (χ1) is 20.1. The molecule has 2 aromatic carbocycles. The van der Waals surface area contributed by atoms with Gasteiger partial charge in [-0.15, -0.1) is 0 Å². The van der Waals surface area contributed by atoms with Crippen LogP contribution < -0.4 is 21.5 Å². The van der Waals surface area contributed by atoms with Crippen LogP contribution in [0.4, 0.5) is 17.2 Å². The van der Waals surface area contributed by atoms with E-state index in [9.17, 15) is 14.1 Å². The van der Waals surface area contributed by atoms with E-state index in [2.05, 4.69) is 34.1 Å². The Balaban J connectivity index is 1.35. The van der Waals surface area contributed by atoms with Crippen molar-refractivity contribution in [3.05, 3.63) is 76.5 Å². The summed E-state index contributed by atoms with van der Waals surface area (Å²) in [6, 6.07) is 14.1. The van der Waals surface area contributed by atoms with E-state index in [1.165, 1.54) is 0 Å². The summed E-state index contributed by atoms with van der Waals surface area (Å²) in [6.45, 7) is 8.26. The van der Waals surface area contributed by atoms with Gasteiger partial charge in [-0.1, -0.05) is 24.3 Å². The lowest BCUT2D eigenvalue weighted by Crippen LogP contribution is -2.48. The van der Waals surface area contributed by atoms with E-state index in [0.717, 1.165) is 76.4 Å². The molecule has 6 rings (SSSR count). The fourth-order valence-corrected chi connectivity index (χ4v) is 8.14. The van der Waals surface area contributed by atoms with E-state index >= 15 is 0 Å². The van der Waals surface area contributed by atoms with Gasteiger partial charge in [0.2, 0.25) is 0 Å². The zero-order valence-corrected chi connectivity index (χ0v) is 25.4. The summed E-state index contributed by atoms with van der Waals surface area (Å²) in [7, 11) is -1.39. The summed E-state index contributed by atoms with van der Waals surface area (Å²) < 4.78 is 16.0. The number of aliphatic carboxylic acids is 1. The van der Waals surface area contributed by atoms with Gasteiger partial charge in [0.25, 0.3) is 0 Å². The van der Waals surface area contributed by atoms with Gasteiger partial charge in [-0.25, -0.2) is 19.3 Å². The minimum atomic E-state index is -1.39. The fraction of sp³-hybridized carbons (Fsp3) is 0.438. The molecule has 0 radical (unpaired) electrons. The number of hydrogen-bond donors (Lipinski definition) is 3. The van der Waals surface area contributed by atoms with Crippen LogP contribution in [0.5, 0.6) is 0 Å². The van der Waals surface area contributed by atoms with Crippen molar-refractivity contribution in [2.24, 2.45) is 5.84 Å². The van der Waals surface area contributed by atoms with Crippen molar-refractivity contribution < 1.29 is 14.1 Å². The molecule has 1 aliphatic carbocycles. The number of hydrazine groups is 1. The first-order valence-corrected chi connectivity index (χ1v) is 15.8. The monoisotopic (exact) mass is 588 g/mol. The predicted molar refractivity (Wildman–Crippen MR) is 167 cm³/mol. The highest BCUT2D eigenvalue weighted by atomic mass is 32.2. The number of hydrogen-bond acceptors (Lipinski definition) is 7. The summed E-state index contributed by atoms with van der Waals surface area (Å²) in [5.74, 6) is 5.87. The van der Waals surface area contributed by atoms with Crippen molar-refractivity contribution in [3.8, 4) is 0 Å². The molecule has 3 heterocycles. The van der Waals surface area contributed by atoms with E-state index in [0.29, 0.717) is 24.8 Å². The highest BCUT2D eigenvalue weighted by molar-refractivity contribution is 7.82. The van der Waals surface area contributed by atoms with E-state index in [1.54, 1.807) is 11.2 Å². The summed E-state index contributed by atoms with van der Waals surface area (Å²) in [4.78, 5) is 19.8. The molecule has 3 aliphatic rings. The second-order valence-electron chi connectivity index (χ2n) is 12.3. The minimum absolute atomic E-state index is 0.0706. The lowest BCUT2D eigenvalue weighted by molar-refractivity contribution is -0.137. The number of nitrogens with zero attached hydrogens (tertiary/aromatic N) is 4. The number of aryl methyl sites for hydroxylation is 1. The van der Waals surface area contributed by atoms with Crippen molar-refractivity contribution in [2.45, 2.75) is 81.8 Å². The number of carbonyl (C=O) groups is 1. The van der Waals surface area contributed by atoms with Crippen LogP contribution in [-0.2, 0) is 22.3 Å². The molecular weight excluding hydrogens is 548 g/mol. The molecule has 10 heteroatoms. The number of carboxylic acids is 1. The summed E-state index contributed by atoms with van der Waals surface area (Å²) >= 11 is 0. The molecule has 1 saturated carbocycles. The molecule has 0 bridgehead atoms. The van der Waals surface area contributed by atoms with Crippen LogP contribution in [0, 0.1) is 13.8 Å². The predicted octanol–water partition coefficient (Wildman–Crippen LogP) is 4.63. The number of pyridine rings is 1. The molecule has 3 aromatic rings. The Morgan fingerprint density at radius 1 is 1.24 bits per heavy atom. The number of benzene rings is 2. The lowest BCUT2D eigenvalue weighted by atomic mass is 9.84. The lowest BCUT2D eigenvalue weighted by Gasteiger charge is -2.36. The number of aromatic nitrogens is 1. The van der Waals surface area contributed by atoms with E-state index in [4.69, 9.17) is 11.6 Å². The summed E-state index contributed by atoms with van der Waals surface area (Å²) in [5, 5.41) is 11.7. The van der Waals surface area contributed by atoms with E-state index in [-0.39, 0.29) is 12.0 Å². The number of carboxylic acid groups (broad SMARTS) is 1. The third kappa shape index (κ3) is 5.16. The molecular formula is C32H40N6O3S. The van der Waals surface area contributed by atoms with Gasteiger partial charge in [0.15, 0.2) is 0 Å². The Bertz CT molecular complexity index is 1560. The molecule has 2 fully saturated rings. The Hall–Kier alpha value is -3.47. The molecule has 9 nitrogen and oxygen atoms in total. The van der Waals surface area contributed by atoms with Crippen LogP contribution in [0.1, 0.15) is 72.8 Å². The van der Waals surface area contributed by atoms with E-state index < -0.39 is 22.9 Å². The van der Waals surface area contributed by atoms with Crippen LogP contribution in [-0.4, -0.2) is 49.2 Å². The Morgan fingerprint density at radius 2 is 2.02 bits per heavy atom. The van der Waals surface area contributed by atoms with Gasteiger partial charge in [-0.3, -0.25) is 4.79 Å². The molecule has 5 N–H and O–H groups in total. The minimum Gasteiger partial charge on any atom is -0.481 e. The van der Waals surface area contributed by atoms with Crippen LogP contribution in [0.2, 0.25) is 0 Å². The van der Waals surface area contributed by atoms with Crippen molar-refractivity contribution in [1.29, 1.82) is 0 Å². The van der Waals surface area contributed by atoms with Crippen molar-refractivity contribution in [1.82, 2.24) is 9.29 Å². The standard InChI is InChI=1S/C32H40N6O3S/c1-20-7-8-22(26(17-29(39)40)25-11-12-27(30(33)21(25)2)38(34)24-9-10-24)16-23(20)18-36-19-32(3)13-5-15-37(32)31-28(42(36)41)6-4-14-35-31/h4,6-8,11-12,14,16,24,26H,5,9-10,13,15,17-19,33-34H2,1-3H3,(H,39,40). The number of anilines is 3. The smallest absolute Gasteiger partial charge is 0.304 e. The van der Waals surface area contributed by atoms with Crippen LogP contribution in [0.25, 0.3) is 0 Å². The first kappa shape index (κ1) is 28.6. The van der Waals surface area contributed by atoms with Gasteiger partial charge in [0, 0.05) is 37.8 Å². The fourth-order valence-electron chi connectivity index (χ4n) is 6.70. The zero-order valence-electron chi connectivity index (χ0n) is 24.5. The number of fused-ring (bicyclic) bond motifs is 3. The molecule has 42 heavy (non-hydrogen) atoms. The summed E-state index contributed by atoms with van der Waals surface area (Å²) in [6.07, 6.45) is 5.88. The van der Waals surface area contributed by atoms with Crippen molar-refractivity contribution in [3.63, 3.8) is 0 Å². The first-order valence-electron chi connectivity index (χ1n) is 14.7. The third-order valence-corrected chi connectivity index (χ3v) is 10.7. The normalized spacial score (nSPS) is 22.8. The molecule has 1 aromatic heterocycles. The molecule has 222 valence electrons. The van der Waals surface area contributed by atoms with Gasteiger partial charge in [0.05, 0.1) is 28.2 Å². The average Bonchev–Trinajstić information content (AvgIpc) is 3.76. The number of nitrogen functional groups attached to an aromatic ring is 1. The van der Waals surface area contributed by atoms with E-state index in [1.807, 2.05) is 43.3 Å². The second-order valence-corrected chi connectivity index (χ2v) is 13.8. The highest BCUT2D eigenvalue weighted by Crippen LogP contribution is 2.42. The van der Waals surface area contributed by atoms with Gasteiger partial charge in [-0.05, 0) is 92.5 Å². The highest BCUT2D eigenvalue weighted by Gasteiger charge is 2.44. The molecule has 0 amide bonds. The molecule has 3 atom stereocenters. The third-order valence-electron chi connectivity index (χ3n) is 9.32. The van der Waals surface area contributed by atoms with Crippen LogP contribution >= 0.6 is 0 Å². The quantitative estimate of drug-likeness (QED) is 0.197. The summed E-state index contributed by atoms with van der Waals surface area (Å²) in [5.41, 5.74) is 12.5. The Kier molecular flexibility index (Phi) is 7.49. The maximum Gasteiger partial charge on any atom is 0.304 e. The second kappa shape index (κ2) is 11.0. The van der Waals surface area contributed by atoms with Crippen LogP contribution in [0.3, 0.4) is 0 Å². The SMILES string of the molecule is Cc1ccc(C(CC(=O)O)c2ccc(N(N)C3CC3)c(N)c2C)cc1CN1CC2(C)CCCN2c2ncccc2S1=O. The molecule has 2 aliphatic heterocycles. The van der Waals surface area contributed by atoms with Crippen molar-refractivity contribution in [2.75, 3.05) is 28.7 Å². The number of rotatable bonds is 8.